The molecule has 0 spiro atoms. The highest BCUT2D eigenvalue weighted by molar-refractivity contribution is 5.83. The van der Waals surface area contributed by atoms with E-state index in [-0.39, 0.29) is 29.7 Å². The number of ether oxygens (including phenoxy) is 2. The third kappa shape index (κ3) is 5.47. The lowest BCUT2D eigenvalue weighted by Gasteiger charge is -2.26. The van der Waals surface area contributed by atoms with Crippen molar-refractivity contribution in [2.45, 2.75) is 45.8 Å². The van der Waals surface area contributed by atoms with Gasteiger partial charge in [-0.15, -0.1) is 0 Å². The highest BCUT2D eigenvalue weighted by Crippen LogP contribution is 2.29. The van der Waals surface area contributed by atoms with Crippen LogP contribution in [-0.4, -0.2) is 48.8 Å². The molecule has 4 aromatic heterocycles. The van der Waals surface area contributed by atoms with Crippen LogP contribution in [0.4, 0.5) is 13.6 Å². The van der Waals surface area contributed by atoms with Gasteiger partial charge in [-0.3, -0.25) is 14.3 Å². The molecule has 0 atom stereocenters. The minimum Gasteiger partial charge on any atom is -0.487 e. The molecule has 4 aromatic rings. The Morgan fingerprint density at radius 2 is 1.87 bits per heavy atom. The summed E-state index contributed by atoms with van der Waals surface area (Å²) in [7, 11) is 1.93. The van der Waals surface area contributed by atoms with Crippen LogP contribution < -0.4 is 10.3 Å². The van der Waals surface area contributed by atoms with Gasteiger partial charge in [0.2, 0.25) is 0 Å². The second kappa shape index (κ2) is 10.1. The summed E-state index contributed by atoms with van der Waals surface area (Å²) in [4.78, 5) is 35.7. The van der Waals surface area contributed by atoms with Crippen LogP contribution in [0.25, 0.3) is 16.9 Å². The van der Waals surface area contributed by atoms with Crippen molar-refractivity contribution in [3.8, 4) is 11.6 Å². The second-order valence-corrected chi connectivity index (χ2v) is 10.4. The van der Waals surface area contributed by atoms with E-state index in [1.54, 1.807) is 17.0 Å². The van der Waals surface area contributed by atoms with Gasteiger partial charge < -0.3 is 18.9 Å². The number of halogens is 2. The van der Waals surface area contributed by atoms with Crippen LogP contribution >= 0.6 is 0 Å². The monoisotopic (exact) mass is 537 g/mol. The molecule has 5 heterocycles. The van der Waals surface area contributed by atoms with E-state index in [9.17, 15) is 18.4 Å². The summed E-state index contributed by atoms with van der Waals surface area (Å²) >= 11 is 0. The first-order valence-corrected chi connectivity index (χ1v) is 12.6. The lowest BCUT2D eigenvalue weighted by Crippen LogP contribution is -2.38. The molecule has 0 bridgehead atoms. The van der Waals surface area contributed by atoms with E-state index in [0.29, 0.717) is 31.7 Å². The maximum atomic E-state index is 13.8. The number of fused-ring (bicyclic) bond motifs is 3. The second-order valence-electron chi connectivity index (χ2n) is 10.4. The molecule has 9 nitrogen and oxygen atoms in total. The highest BCUT2D eigenvalue weighted by Gasteiger charge is 2.27. The summed E-state index contributed by atoms with van der Waals surface area (Å²) in [5, 5.41) is 0.976. The Kier molecular flexibility index (Phi) is 6.83. The number of hydrogen-bond acceptors (Lipinski definition) is 6. The van der Waals surface area contributed by atoms with Gasteiger partial charge in [0.05, 0.1) is 6.20 Å². The van der Waals surface area contributed by atoms with Crippen molar-refractivity contribution in [1.29, 1.82) is 0 Å². The van der Waals surface area contributed by atoms with Gasteiger partial charge in [0.15, 0.2) is 5.82 Å². The Labute approximate surface area is 223 Å². The van der Waals surface area contributed by atoms with E-state index < -0.39 is 17.2 Å². The molecular formula is C28H29F2N5O4. The van der Waals surface area contributed by atoms with Gasteiger partial charge in [0.1, 0.15) is 40.9 Å². The van der Waals surface area contributed by atoms with Crippen LogP contribution in [0, 0.1) is 11.6 Å². The Morgan fingerprint density at radius 3 is 2.59 bits per heavy atom. The lowest BCUT2D eigenvalue weighted by atomic mass is 10.1. The molecule has 1 amide bonds. The molecule has 39 heavy (non-hydrogen) atoms. The zero-order valence-corrected chi connectivity index (χ0v) is 22.2. The summed E-state index contributed by atoms with van der Waals surface area (Å²) in [5.74, 6) is -0.931. The molecule has 11 heteroatoms. The minimum absolute atomic E-state index is 0.0645. The van der Waals surface area contributed by atoms with Crippen molar-refractivity contribution in [2.75, 3.05) is 13.1 Å². The van der Waals surface area contributed by atoms with Gasteiger partial charge in [-0.05, 0) is 51.0 Å². The molecule has 204 valence electrons. The quantitative estimate of drug-likeness (QED) is 0.385. The fourth-order valence-electron chi connectivity index (χ4n) is 4.70. The predicted octanol–water partition coefficient (Wildman–Crippen LogP) is 4.31. The Morgan fingerprint density at radius 1 is 1.10 bits per heavy atom. The topological polar surface area (TPSA) is 91.5 Å². The number of aryl methyl sites for hydroxylation is 1. The summed E-state index contributed by atoms with van der Waals surface area (Å²) in [6.45, 7) is 6.39. The number of carbonyl (C=O) groups excluding carboxylic acids is 1. The number of aromatic nitrogens is 4. The van der Waals surface area contributed by atoms with Gasteiger partial charge in [0, 0.05) is 56.0 Å². The van der Waals surface area contributed by atoms with E-state index in [0.717, 1.165) is 34.6 Å². The SMILES string of the molecule is Cn1c2c(c3ccc(-n4ccc(OCc5ncc(F)cc5F)cc4=O)nc31)CCN(C(=O)OC(C)(C)C)CC2. The lowest BCUT2D eigenvalue weighted by molar-refractivity contribution is 0.0258. The third-order valence-electron chi connectivity index (χ3n) is 6.56. The molecule has 0 aliphatic carbocycles. The van der Waals surface area contributed by atoms with Crippen molar-refractivity contribution in [1.82, 2.24) is 24.0 Å². The molecule has 5 rings (SSSR count). The van der Waals surface area contributed by atoms with E-state index in [2.05, 4.69) is 4.98 Å². The van der Waals surface area contributed by atoms with Crippen LogP contribution in [0.2, 0.25) is 0 Å². The third-order valence-corrected chi connectivity index (χ3v) is 6.56. The number of hydrogen-bond donors (Lipinski definition) is 0. The van der Waals surface area contributed by atoms with Crippen LogP contribution in [0.5, 0.6) is 5.75 Å². The molecule has 0 fully saturated rings. The van der Waals surface area contributed by atoms with Gasteiger partial charge in [0.25, 0.3) is 5.56 Å². The Hall–Kier alpha value is -4.28. The average molecular weight is 538 g/mol. The van der Waals surface area contributed by atoms with Crippen molar-refractivity contribution in [3.05, 3.63) is 81.7 Å². The number of nitrogens with zero attached hydrogens (tertiary/aromatic N) is 5. The first kappa shape index (κ1) is 26.3. The van der Waals surface area contributed by atoms with Gasteiger partial charge in [-0.2, -0.15) is 0 Å². The summed E-state index contributed by atoms with van der Waals surface area (Å²) in [5.41, 5.74) is 1.98. The van der Waals surface area contributed by atoms with Crippen LogP contribution in [-0.2, 0) is 31.2 Å². The van der Waals surface area contributed by atoms with Gasteiger partial charge >= 0.3 is 6.09 Å². The highest BCUT2D eigenvalue weighted by atomic mass is 19.1. The molecule has 0 saturated heterocycles. The first-order valence-electron chi connectivity index (χ1n) is 12.6. The van der Waals surface area contributed by atoms with E-state index in [1.165, 1.54) is 16.8 Å². The standard InChI is InChI=1S/C28H29F2N5O4/c1-28(2,3)39-27(37)34-10-8-19-20-5-6-24(32-26(20)33(4)23(19)9-11-34)35-12-7-18(14-25(35)36)38-16-22-21(30)13-17(29)15-31-22/h5-7,12-15H,8-11,16H2,1-4H3. The van der Waals surface area contributed by atoms with Crippen molar-refractivity contribution in [3.63, 3.8) is 0 Å². The molecule has 0 N–H and O–H groups in total. The molecule has 0 unspecified atom stereocenters. The fourth-order valence-corrected chi connectivity index (χ4v) is 4.70. The zero-order chi connectivity index (χ0) is 27.9. The summed E-state index contributed by atoms with van der Waals surface area (Å²) < 4.78 is 41.3. The van der Waals surface area contributed by atoms with E-state index >= 15 is 0 Å². The maximum absolute atomic E-state index is 13.8. The van der Waals surface area contributed by atoms with Gasteiger partial charge in [-0.25, -0.2) is 18.6 Å². The van der Waals surface area contributed by atoms with E-state index in [4.69, 9.17) is 14.5 Å². The summed E-state index contributed by atoms with van der Waals surface area (Å²) in [6, 6.07) is 7.29. The predicted molar refractivity (Wildman–Crippen MR) is 140 cm³/mol. The first-order chi connectivity index (χ1) is 18.5. The van der Waals surface area contributed by atoms with Crippen LogP contribution in [0.1, 0.15) is 37.7 Å². The number of carbonyl (C=O) groups is 1. The smallest absolute Gasteiger partial charge is 0.410 e. The molecule has 1 aliphatic heterocycles. The molecular weight excluding hydrogens is 508 g/mol. The number of rotatable bonds is 4. The fraction of sp³-hybridized carbons (Fsp3) is 0.357. The molecule has 0 saturated carbocycles. The normalized spacial score (nSPS) is 13.7. The largest absolute Gasteiger partial charge is 0.487 e. The molecule has 0 aromatic carbocycles. The van der Waals surface area contributed by atoms with E-state index in [1.807, 2.05) is 38.5 Å². The zero-order valence-electron chi connectivity index (χ0n) is 22.2. The van der Waals surface area contributed by atoms with Gasteiger partial charge in [-0.1, -0.05) is 0 Å². The van der Waals surface area contributed by atoms with Crippen LogP contribution in [0.15, 0.2) is 47.5 Å². The number of amides is 1. The van der Waals surface area contributed by atoms with Crippen LogP contribution in [0.3, 0.4) is 0 Å². The molecule has 0 radical (unpaired) electrons. The average Bonchev–Trinajstić information content (AvgIpc) is 3.00. The Balaban J connectivity index is 1.35. The van der Waals surface area contributed by atoms with Crippen molar-refractivity contribution >= 4 is 17.1 Å². The Bertz CT molecular complexity index is 1620. The van der Waals surface area contributed by atoms with Crippen molar-refractivity contribution < 1.29 is 23.0 Å². The van der Waals surface area contributed by atoms with Crippen molar-refractivity contribution in [2.24, 2.45) is 7.05 Å². The summed E-state index contributed by atoms with van der Waals surface area (Å²) in [6.07, 6.45) is 3.45. The minimum atomic E-state index is -0.820. The maximum Gasteiger partial charge on any atom is 0.410 e. The molecule has 1 aliphatic rings. The number of pyridine rings is 3.